The molecule has 2 amide bonds. The lowest BCUT2D eigenvalue weighted by molar-refractivity contribution is -0.140. The fourth-order valence-corrected chi connectivity index (χ4v) is 2.63. The van der Waals surface area contributed by atoms with E-state index in [9.17, 15) is 9.59 Å². The molecule has 0 saturated carbocycles. The van der Waals surface area contributed by atoms with Crippen LogP contribution in [0.5, 0.6) is 0 Å². The Balaban J connectivity index is 1.81. The molecule has 0 radical (unpaired) electrons. The number of amides is 2. The van der Waals surface area contributed by atoms with E-state index >= 15 is 0 Å². The van der Waals surface area contributed by atoms with Gasteiger partial charge in [0.2, 0.25) is 11.8 Å². The van der Waals surface area contributed by atoms with Crippen molar-refractivity contribution in [2.75, 3.05) is 6.54 Å². The Labute approximate surface area is 99.6 Å². The Kier molecular flexibility index (Phi) is 2.44. The van der Waals surface area contributed by atoms with Gasteiger partial charge in [0.25, 0.3) is 0 Å². The van der Waals surface area contributed by atoms with Gasteiger partial charge in [0.15, 0.2) is 0 Å². The van der Waals surface area contributed by atoms with Crippen molar-refractivity contribution in [2.45, 2.75) is 19.0 Å². The standard InChI is InChI=1S/C13H14N2O2/c16-12-10-6-7-14-11(10)13(17)15(12)8-9-4-2-1-3-5-9/h1-5,10-11,14H,6-8H2. The van der Waals surface area contributed by atoms with Crippen LogP contribution in [0.15, 0.2) is 30.3 Å². The highest BCUT2D eigenvalue weighted by Crippen LogP contribution is 2.28. The lowest BCUT2D eigenvalue weighted by Crippen LogP contribution is -2.37. The second kappa shape index (κ2) is 3.96. The van der Waals surface area contributed by atoms with Crippen LogP contribution in [0, 0.1) is 5.92 Å². The molecular formula is C13H14N2O2. The van der Waals surface area contributed by atoms with E-state index in [1.807, 2.05) is 30.3 Å². The van der Waals surface area contributed by atoms with Gasteiger partial charge in [0.05, 0.1) is 18.5 Å². The van der Waals surface area contributed by atoms with Crippen LogP contribution in [0.25, 0.3) is 0 Å². The van der Waals surface area contributed by atoms with E-state index in [4.69, 9.17) is 0 Å². The van der Waals surface area contributed by atoms with Crippen LogP contribution in [-0.4, -0.2) is 29.3 Å². The molecule has 2 fully saturated rings. The average Bonchev–Trinajstić information content (AvgIpc) is 2.91. The van der Waals surface area contributed by atoms with Gasteiger partial charge in [-0.15, -0.1) is 0 Å². The summed E-state index contributed by atoms with van der Waals surface area (Å²) in [5.74, 6) is -0.221. The molecule has 2 unspecified atom stereocenters. The predicted molar refractivity (Wildman–Crippen MR) is 61.9 cm³/mol. The highest BCUT2D eigenvalue weighted by molar-refractivity contribution is 6.07. The van der Waals surface area contributed by atoms with E-state index in [-0.39, 0.29) is 23.8 Å². The number of nitrogens with one attached hydrogen (secondary N) is 1. The van der Waals surface area contributed by atoms with E-state index < -0.39 is 0 Å². The Bertz CT molecular complexity index is 436. The van der Waals surface area contributed by atoms with Gasteiger partial charge in [-0.1, -0.05) is 30.3 Å². The quantitative estimate of drug-likeness (QED) is 0.754. The third-order valence-electron chi connectivity index (χ3n) is 3.52. The first-order valence-electron chi connectivity index (χ1n) is 5.90. The second-order valence-electron chi connectivity index (χ2n) is 4.58. The molecule has 4 heteroatoms. The maximum Gasteiger partial charge on any atom is 0.247 e. The summed E-state index contributed by atoms with van der Waals surface area (Å²) in [5.41, 5.74) is 0.995. The summed E-state index contributed by atoms with van der Waals surface area (Å²) in [4.78, 5) is 25.5. The number of carbonyl (C=O) groups is 2. The smallest absolute Gasteiger partial charge is 0.247 e. The van der Waals surface area contributed by atoms with Gasteiger partial charge in [-0.05, 0) is 18.5 Å². The van der Waals surface area contributed by atoms with Gasteiger partial charge >= 0.3 is 0 Å². The van der Waals surface area contributed by atoms with Crippen LogP contribution >= 0.6 is 0 Å². The molecule has 4 nitrogen and oxygen atoms in total. The minimum absolute atomic E-state index is 0.0196. The van der Waals surface area contributed by atoms with Crippen LogP contribution in [0.2, 0.25) is 0 Å². The topological polar surface area (TPSA) is 49.4 Å². The van der Waals surface area contributed by atoms with Crippen LogP contribution in [0.3, 0.4) is 0 Å². The van der Waals surface area contributed by atoms with Crippen molar-refractivity contribution in [1.29, 1.82) is 0 Å². The Morgan fingerprint density at radius 3 is 2.65 bits per heavy atom. The average molecular weight is 230 g/mol. The fourth-order valence-electron chi connectivity index (χ4n) is 2.63. The molecule has 17 heavy (non-hydrogen) atoms. The first kappa shape index (κ1) is 10.5. The lowest BCUT2D eigenvalue weighted by Gasteiger charge is -2.15. The van der Waals surface area contributed by atoms with Crippen molar-refractivity contribution in [3.8, 4) is 0 Å². The zero-order chi connectivity index (χ0) is 11.8. The number of hydrogen-bond donors (Lipinski definition) is 1. The fraction of sp³-hybridized carbons (Fsp3) is 0.385. The number of likely N-dealkylation sites (tertiary alicyclic amines) is 1. The van der Waals surface area contributed by atoms with E-state index in [1.54, 1.807) is 0 Å². The maximum atomic E-state index is 12.1. The molecule has 3 rings (SSSR count). The molecule has 0 spiro atoms. The van der Waals surface area contributed by atoms with Crippen molar-refractivity contribution in [3.63, 3.8) is 0 Å². The molecular weight excluding hydrogens is 216 g/mol. The number of carbonyl (C=O) groups excluding carboxylic acids is 2. The van der Waals surface area contributed by atoms with Crippen LogP contribution < -0.4 is 5.32 Å². The minimum atomic E-state index is -0.272. The highest BCUT2D eigenvalue weighted by atomic mass is 16.2. The monoisotopic (exact) mass is 230 g/mol. The molecule has 88 valence electrons. The van der Waals surface area contributed by atoms with Crippen LogP contribution in [0.4, 0.5) is 0 Å². The number of benzene rings is 1. The summed E-state index contributed by atoms with van der Waals surface area (Å²) in [6, 6.07) is 9.35. The first-order valence-corrected chi connectivity index (χ1v) is 5.90. The van der Waals surface area contributed by atoms with E-state index in [0.29, 0.717) is 6.54 Å². The maximum absolute atomic E-state index is 12.1. The van der Waals surface area contributed by atoms with Crippen LogP contribution in [-0.2, 0) is 16.1 Å². The molecule has 2 atom stereocenters. The summed E-state index contributed by atoms with van der Waals surface area (Å²) in [6.07, 6.45) is 0.778. The van der Waals surface area contributed by atoms with Gasteiger partial charge in [0, 0.05) is 0 Å². The van der Waals surface area contributed by atoms with Crippen molar-refractivity contribution >= 4 is 11.8 Å². The van der Waals surface area contributed by atoms with Gasteiger partial charge < -0.3 is 5.32 Å². The summed E-state index contributed by atoms with van der Waals surface area (Å²) in [6.45, 7) is 1.17. The van der Waals surface area contributed by atoms with Crippen LogP contribution in [0.1, 0.15) is 12.0 Å². The van der Waals surface area contributed by atoms with E-state index in [0.717, 1.165) is 18.5 Å². The zero-order valence-electron chi connectivity index (χ0n) is 9.43. The second-order valence-corrected chi connectivity index (χ2v) is 4.58. The third-order valence-corrected chi connectivity index (χ3v) is 3.52. The Morgan fingerprint density at radius 1 is 1.18 bits per heavy atom. The molecule has 1 N–H and O–H groups in total. The molecule has 2 heterocycles. The van der Waals surface area contributed by atoms with Gasteiger partial charge in [-0.25, -0.2) is 0 Å². The van der Waals surface area contributed by atoms with E-state index in [1.165, 1.54) is 4.90 Å². The SMILES string of the molecule is O=C1C2CCNC2C(=O)N1Cc1ccccc1. The van der Waals surface area contributed by atoms with Crippen molar-refractivity contribution < 1.29 is 9.59 Å². The number of rotatable bonds is 2. The van der Waals surface area contributed by atoms with Gasteiger partial charge in [-0.3, -0.25) is 14.5 Å². The molecule has 2 aliphatic rings. The van der Waals surface area contributed by atoms with Crippen molar-refractivity contribution in [2.24, 2.45) is 5.92 Å². The molecule has 2 saturated heterocycles. The highest BCUT2D eigenvalue weighted by Gasteiger charge is 2.49. The Hall–Kier alpha value is -1.68. The molecule has 2 aliphatic heterocycles. The summed E-state index contributed by atoms with van der Waals surface area (Å²) in [5, 5.41) is 3.10. The first-order chi connectivity index (χ1) is 8.27. The minimum Gasteiger partial charge on any atom is -0.305 e. The molecule has 0 aromatic heterocycles. The number of imide groups is 1. The zero-order valence-corrected chi connectivity index (χ0v) is 9.43. The molecule has 0 aliphatic carbocycles. The van der Waals surface area contributed by atoms with Crippen molar-refractivity contribution in [3.05, 3.63) is 35.9 Å². The Morgan fingerprint density at radius 2 is 1.94 bits per heavy atom. The predicted octanol–water partition coefficient (Wildman–Crippen LogP) is 0.533. The lowest BCUT2D eigenvalue weighted by atomic mass is 10.0. The van der Waals surface area contributed by atoms with Crippen molar-refractivity contribution in [1.82, 2.24) is 10.2 Å². The summed E-state index contributed by atoms with van der Waals surface area (Å²) < 4.78 is 0. The molecule has 0 bridgehead atoms. The van der Waals surface area contributed by atoms with E-state index in [2.05, 4.69) is 5.32 Å². The normalized spacial score (nSPS) is 27.6. The summed E-state index contributed by atoms with van der Waals surface area (Å²) in [7, 11) is 0. The number of hydrogen-bond acceptors (Lipinski definition) is 3. The molecule has 1 aromatic carbocycles. The third kappa shape index (κ3) is 1.65. The number of fused-ring (bicyclic) bond motifs is 1. The molecule has 1 aromatic rings. The van der Waals surface area contributed by atoms with Gasteiger partial charge in [0.1, 0.15) is 0 Å². The number of nitrogens with zero attached hydrogens (tertiary/aromatic N) is 1. The summed E-state index contributed by atoms with van der Waals surface area (Å²) >= 11 is 0. The van der Waals surface area contributed by atoms with Gasteiger partial charge in [-0.2, -0.15) is 0 Å². The largest absolute Gasteiger partial charge is 0.305 e.